The van der Waals surface area contributed by atoms with Crippen LogP contribution in [0.25, 0.3) is 0 Å². The van der Waals surface area contributed by atoms with Crippen molar-refractivity contribution in [3.63, 3.8) is 0 Å². The summed E-state index contributed by atoms with van der Waals surface area (Å²) in [5.41, 5.74) is 6.14. The second-order valence-corrected chi connectivity index (χ2v) is 6.55. The molecule has 0 atom stereocenters. The molecule has 0 amide bonds. The van der Waals surface area contributed by atoms with Crippen molar-refractivity contribution in [2.75, 3.05) is 31.9 Å². The average Bonchev–Trinajstić information content (AvgIpc) is 2.91. The van der Waals surface area contributed by atoms with Gasteiger partial charge in [-0.15, -0.1) is 0 Å². The molecule has 0 radical (unpaired) electrons. The molecule has 0 unspecified atom stereocenters. The second-order valence-electron chi connectivity index (χ2n) is 4.81. The van der Waals surface area contributed by atoms with E-state index in [1.54, 1.807) is 0 Å². The standard InChI is InChI=1S/C13H18N4O2S/c14-10-11-3-4-13(12(15)9-11)20(18,19)16-5-8-17-6-1-2-7-17/h3-4,9,16H,1-2,5-8,15H2. The Balaban J connectivity index is 2.00. The minimum atomic E-state index is -3.62. The van der Waals surface area contributed by atoms with E-state index in [-0.39, 0.29) is 10.6 Å². The number of nitrogen functional groups attached to an aromatic ring is 1. The Morgan fingerprint density at radius 1 is 1.35 bits per heavy atom. The van der Waals surface area contributed by atoms with Crippen LogP contribution in [0.15, 0.2) is 23.1 Å². The molecule has 0 bridgehead atoms. The maximum Gasteiger partial charge on any atom is 0.242 e. The van der Waals surface area contributed by atoms with Gasteiger partial charge in [-0.1, -0.05) is 0 Å². The first-order valence-electron chi connectivity index (χ1n) is 6.54. The van der Waals surface area contributed by atoms with E-state index in [2.05, 4.69) is 9.62 Å². The Morgan fingerprint density at radius 3 is 2.65 bits per heavy atom. The molecule has 0 saturated carbocycles. The van der Waals surface area contributed by atoms with Gasteiger partial charge in [-0.3, -0.25) is 0 Å². The van der Waals surface area contributed by atoms with Crippen LogP contribution < -0.4 is 10.5 Å². The minimum Gasteiger partial charge on any atom is -0.398 e. The van der Waals surface area contributed by atoms with Gasteiger partial charge in [0.05, 0.1) is 17.3 Å². The summed E-state index contributed by atoms with van der Waals surface area (Å²) < 4.78 is 26.8. The van der Waals surface area contributed by atoms with Crippen molar-refractivity contribution in [3.05, 3.63) is 23.8 Å². The fourth-order valence-electron chi connectivity index (χ4n) is 2.28. The lowest BCUT2D eigenvalue weighted by Crippen LogP contribution is -2.33. The monoisotopic (exact) mass is 294 g/mol. The molecule has 108 valence electrons. The number of rotatable bonds is 5. The first-order valence-corrected chi connectivity index (χ1v) is 8.03. The number of sulfonamides is 1. The van der Waals surface area contributed by atoms with E-state index < -0.39 is 10.0 Å². The first kappa shape index (κ1) is 14.8. The highest BCUT2D eigenvalue weighted by atomic mass is 32.2. The molecule has 1 heterocycles. The quantitative estimate of drug-likeness (QED) is 0.771. The molecule has 1 aliphatic heterocycles. The van der Waals surface area contributed by atoms with Gasteiger partial charge < -0.3 is 10.6 Å². The van der Waals surface area contributed by atoms with Crippen LogP contribution >= 0.6 is 0 Å². The summed E-state index contributed by atoms with van der Waals surface area (Å²) in [5, 5.41) is 8.74. The lowest BCUT2D eigenvalue weighted by atomic mass is 10.2. The summed E-state index contributed by atoms with van der Waals surface area (Å²) in [7, 11) is -3.62. The van der Waals surface area contributed by atoms with Crippen LogP contribution in [-0.2, 0) is 10.0 Å². The second kappa shape index (κ2) is 6.22. The number of hydrogen-bond acceptors (Lipinski definition) is 5. The molecule has 6 nitrogen and oxygen atoms in total. The molecular formula is C13H18N4O2S. The van der Waals surface area contributed by atoms with E-state index in [1.165, 1.54) is 31.0 Å². The van der Waals surface area contributed by atoms with Gasteiger partial charge in [-0.05, 0) is 44.1 Å². The van der Waals surface area contributed by atoms with Crippen LogP contribution in [0, 0.1) is 11.3 Å². The van der Waals surface area contributed by atoms with Crippen LogP contribution in [0.4, 0.5) is 5.69 Å². The summed E-state index contributed by atoms with van der Waals surface area (Å²) in [6, 6.07) is 6.11. The zero-order valence-electron chi connectivity index (χ0n) is 11.2. The van der Waals surface area contributed by atoms with Crippen LogP contribution in [0.2, 0.25) is 0 Å². The highest BCUT2D eigenvalue weighted by Gasteiger charge is 2.18. The highest BCUT2D eigenvalue weighted by molar-refractivity contribution is 7.89. The lowest BCUT2D eigenvalue weighted by molar-refractivity contribution is 0.344. The molecule has 0 aromatic heterocycles. The summed E-state index contributed by atoms with van der Waals surface area (Å²) in [6.07, 6.45) is 2.35. The molecule has 0 spiro atoms. The van der Waals surface area contributed by atoms with E-state index in [0.717, 1.165) is 13.1 Å². The molecule has 1 aromatic rings. The van der Waals surface area contributed by atoms with E-state index in [9.17, 15) is 8.42 Å². The minimum absolute atomic E-state index is 0.0259. The van der Waals surface area contributed by atoms with Crippen molar-refractivity contribution in [3.8, 4) is 6.07 Å². The van der Waals surface area contributed by atoms with Crippen molar-refractivity contribution in [1.82, 2.24) is 9.62 Å². The number of benzene rings is 1. The van der Waals surface area contributed by atoms with E-state index in [0.29, 0.717) is 18.7 Å². The predicted octanol–water partition coefficient (Wildman–Crippen LogP) is 0.515. The van der Waals surface area contributed by atoms with Crippen molar-refractivity contribution in [2.24, 2.45) is 0 Å². The van der Waals surface area contributed by atoms with Crippen LogP contribution in [-0.4, -0.2) is 39.5 Å². The molecule has 7 heteroatoms. The van der Waals surface area contributed by atoms with E-state index in [1.807, 2.05) is 6.07 Å². The van der Waals surface area contributed by atoms with Crippen LogP contribution in [0.5, 0.6) is 0 Å². The fraction of sp³-hybridized carbons (Fsp3) is 0.462. The maximum atomic E-state index is 12.1. The smallest absolute Gasteiger partial charge is 0.242 e. The van der Waals surface area contributed by atoms with Gasteiger partial charge in [0.25, 0.3) is 0 Å². The number of nitrogens with two attached hydrogens (primary N) is 1. The Labute approximate surface area is 119 Å². The maximum absolute atomic E-state index is 12.1. The van der Waals surface area contributed by atoms with Gasteiger partial charge in [-0.25, -0.2) is 13.1 Å². The average molecular weight is 294 g/mol. The third-order valence-electron chi connectivity index (χ3n) is 3.35. The normalized spacial score (nSPS) is 16.1. The third-order valence-corrected chi connectivity index (χ3v) is 4.88. The number of nitrogens with zero attached hydrogens (tertiary/aromatic N) is 2. The molecule has 1 saturated heterocycles. The van der Waals surface area contributed by atoms with Crippen molar-refractivity contribution < 1.29 is 8.42 Å². The number of hydrogen-bond donors (Lipinski definition) is 2. The Kier molecular flexibility index (Phi) is 4.60. The van der Waals surface area contributed by atoms with Gasteiger partial charge in [0.15, 0.2) is 0 Å². The number of anilines is 1. The van der Waals surface area contributed by atoms with Gasteiger partial charge >= 0.3 is 0 Å². The van der Waals surface area contributed by atoms with Gasteiger partial charge in [0, 0.05) is 13.1 Å². The number of nitriles is 1. The molecule has 20 heavy (non-hydrogen) atoms. The highest BCUT2D eigenvalue weighted by Crippen LogP contribution is 2.19. The molecule has 1 aromatic carbocycles. The SMILES string of the molecule is N#Cc1ccc(S(=O)(=O)NCCN2CCCC2)c(N)c1. The van der Waals surface area contributed by atoms with Crippen molar-refractivity contribution in [1.29, 1.82) is 5.26 Å². The van der Waals surface area contributed by atoms with E-state index >= 15 is 0 Å². The van der Waals surface area contributed by atoms with E-state index in [4.69, 9.17) is 11.0 Å². The molecule has 1 aliphatic rings. The zero-order valence-corrected chi connectivity index (χ0v) is 12.0. The zero-order chi connectivity index (χ0) is 14.6. The fourth-order valence-corrected chi connectivity index (χ4v) is 3.42. The molecule has 3 N–H and O–H groups in total. The summed E-state index contributed by atoms with van der Waals surface area (Å²) in [6.45, 7) is 3.12. The lowest BCUT2D eigenvalue weighted by Gasteiger charge is -2.15. The van der Waals surface area contributed by atoms with Crippen molar-refractivity contribution in [2.45, 2.75) is 17.7 Å². The Bertz CT molecular complexity index is 616. The number of likely N-dealkylation sites (tertiary alicyclic amines) is 1. The van der Waals surface area contributed by atoms with Crippen LogP contribution in [0.3, 0.4) is 0 Å². The van der Waals surface area contributed by atoms with Gasteiger partial charge in [0.2, 0.25) is 10.0 Å². The Morgan fingerprint density at radius 2 is 2.05 bits per heavy atom. The molecular weight excluding hydrogens is 276 g/mol. The number of nitrogens with one attached hydrogen (secondary N) is 1. The van der Waals surface area contributed by atoms with Gasteiger partial charge in [-0.2, -0.15) is 5.26 Å². The predicted molar refractivity (Wildman–Crippen MR) is 76.4 cm³/mol. The van der Waals surface area contributed by atoms with Crippen molar-refractivity contribution >= 4 is 15.7 Å². The topological polar surface area (TPSA) is 99.2 Å². The molecule has 0 aliphatic carbocycles. The first-order chi connectivity index (χ1) is 9.53. The van der Waals surface area contributed by atoms with Gasteiger partial charge in [0.1, 0.15) is 4.90 Å². The molecule has 2 rings (SSSR count). The summed E-state index contributed by atoms with van der Waals surface area (Å²) in [5.74, 6) is 0. The van der Waals surface area contributed by atoms with Crippen LogP contribution in [0.1, 0.15) is 18.4 Å². The largest absolute Gasteiger partial charge is 0.398 e. The summed E-state index contributed by atoms with van der Waals surface area (Å²) >= 11 is 0. The summed E-state index contributed by atoms with van der Waals surface area (Å²) in [4.78, 5) is 2.25. The third kappa shape index (κ3) is 3.48. The Hall–Kier alpha value is -1.62. The molecule has 1 fully saturated rings.